The van der Waals surface area contributed by atoms with E-state index in [0.29, 0.717) is 51.9 Å². The molecule has 3 heterocycles. The molecule has 1 aliphatic heterocycles. The standard InChI is InChI=1S/C28H30F3N5O4S/c1-27(2,3)40-26(38)36-11-5-6-16(15-36)12-22(37)17-7-10-21-20(13-17)32-24(35(21)4)34-25-33-19-9-8-18(14-23(19)41-25)39-28(29,30)31/h7-10,13-14,16H,5-6,11-12,15H2,1-4H3,(H,32,33,34). The lowest BCUT2D eigenvalue weighted by Gasteiger charge is -2.34. The summed E-state index contributed by atoms with van der Waals surface area (Å²) in [4.78, 5) is 36.4. The quantitative estimate of drug-likeness (QED) is 0.241. The molecule has 218 valence electrons. The zero-order valence-electron chi connectivity index (χ0n) is 23.0. The smallest absolute Gasteiger partial charge is 0.444 e. The van der Waals surface area contributed by atoms with Gasteiger partial charge in [-0.05, 0) is 69.9 Å². The molecule has 13 heteroatoms. The normalized spacial score (nSPS) is 16.3. The Hall–Kier alpha value is -3.87. The second kappa shape index (κ2) is 10.8. The Balaban J connectivity index is 1.28. The van der Waals surface area contributed by atoms with E-state index in [1.165, 1.54) is 29.5 Å². The molecular formula is C28H30F3N5O4S. The van der Waals surface area contributed by atoms with Crippen LogP contribution in [0, 0.1) is 5.92 Å². The van der Waals surface area contributed by atoms with Crippen molar-refractivity contribution in [3.63, 3.8) is 0 Å². The van der Waals surface area contributed by atoms with E-state index in [0.717, 1.165) is 18.4 Å². The summed E-state index contributed by atoms with van der Waals surface area (Å²) in [6.45, 7) is 6.59. The molecule has 0 spiro atoms. The molecule has 1 unspecified atom stereocenters. The lowest BCUT2D eigenvalue weighted by Crippen LogP contribution is -2.43. The molecular weight excluding hydrogens is 559 g/mol. The molecule has 0 aliphatic carbocycles. The number of likely N-dealkylation sites (tertiary alicyclic amines) is 1. The van der Waals surface area contributed by atoms with Crippen molar-refractivity contribution >= 4 is 55.5 Å². The number of alkyl halides is 3. The number of aryl methyl sites for hydroxylation is 1. The van der Waals surface area contributed by atoms with Crippen LogP contribution < -0.4 is 10.1 Å². The van der Waals surface area contributed by atoms with E-state index in [1.807, 2.05) is 38.5 Å². The van der Waals surface area contributed by atoms with Crippen molar-refractivity contribution in [1.29, 1.82) is 0 Å². The molecule has 9 nitrogen and oxygen atoms in total. The van der Waals surface area contributed by atoms with Gasteiger partial charge < -0.3 is 24.3 Å². The molecule has 4 aromatic rings. The maximum absolute atomic E-state index is 13.2. The van der Waals surface area contributed by atoms with E-state index in [2.05, 4.69) is 20.0 Å². The van der Waals surface area contributed by atoms with Gasteiger partial charge in [-0.3, -0.25) is 4.79 Å². The number of halogens is 3. The van der Waals surface area contributed by atoms with Gasteiger partial charge in [-0.15, -0.1) is 13.2 Å². The number of Topliss-reactive ketones (excluding diaryl/α,β-unsaturated/α-hetero) is 1. The second-order valence-corrected chi connectivity index (χ2v) is 12.1. The highest BCUT2D eigenvalue weighted by Gasteiger charge is 2.31. The number of amides is 1. The van der Waals surface area contributed by atoms with Crippen LogP contribution in [-0.4, -0.2) is 56.4 Å². The summed E-state index contributed by atoms with van der Waals surface area (Å²) in [5.41, 5.74) is 1.88. The highest BCUT2D eigenvalue weighted by atomic mass is 32.1. The average Bonchev–Trinajstić information content (AvgIpc) is 3.41. The topological polar surface area (TPSA) is 98.6 Å². The number of carbonyl (C=O) groups is 2. The predicted octanol–water partition coefficient (Wildman–Crippen LogP) is 7.05. The van der Waals surface area contributed by atoms with Crippen LogP contribution in [0.3, 0.4) is 0 Å². The Bertz CT molecular complexity index is 1610. The summed E-state index contributed by atoms with van der Waals surface area (Å²) in [7, 11) is 1.81. The molecule has 1 N–H and O–H groups in total. The number of nitrogens with one attached hydrogen (secondary N) is 1. The highest BCUT2D eigenvalue weighted by Crippen LogP contribution is 2.33. The first kappa shape index (κ1) is 28.7. The minimum absolute atomic E-state index is 0.0221. The maximum Gasteiger partial charge on any atom is 0.573 e. The number of aromatic nitrogens is 3. The van der Waals surface area contributed by atoms with Crippen molar-refractivity contribution in [2.24, 2.45) is 13.0 Å². The number of imidazole rings is 1. The minimum Gasteiger partial charge on any atom is -0.444 e. The SMILES string of the molecule is Cn1c(Nc2nc3ccc(OC(F)(F)F)cc3s2)nc2cc(C(=O)CC3CCCN(C(=O)OC(C)(C)C)C3)ccc21. The Labute approximate surface area is 238 Å². The van der Waals surface area contributed by atoms with Crippen molar-refractivity contribution in [2.45, 2.75) is 52.0 Å². The van der Waals surface area contributed by atoms with Crippen LogP contribution in [0.5, 0.6) is 5.75 Å². The summed E-state index contributed by atoms with van der Waals surface area (Å²) in [5, 5.41) is 3.58. The summed E-state index contributed by atoms with van der Waals surface area (Å²) >= 11 is 1.17. The predicted molar refractivity (Wildman–Crippen MR) is 150 cm³/mol. The van der Waals surface area contributed by atoms with E-state index in [4.69, 9.17) is 4.74 Å². The molecule has 1 amide bonds. The Morgan fingerprint density at radius 2 is 1.88 bits per heavy atom. The summed E-state index contributed by atoms with van der Waals surface area (Å²) in [6.07, 6.45) is -3.14. The van der Waals surface area contributed by atoms with Gasteiger partial charge in [-0.2, -0.15) is 0 Å². The van der Waals surface area contributed by atoms with Crippen LogP contribution >= 0.6 is 11.3 Å². The van der Waals surface area contributed by atoms with Crippen LogP contribution in [-0.2, 0) is 11.8 Å². The number of hydrogen-bond donors (Lipinski definition) is 1. The third-order valence-electron chi connectivity index (χ3n) is 6.66. The lowest BCUT2D eigenvalue weighted by atomic mass is 9.91. The average molecular weight is 590 g/mol. The number of rotatable bonds is 6. The molecule has 2 aromatic heterocycles. The van der Waals surface area contributed by atoms with Gasteiger partial charge in [0.1, 0.15) is 11.4 Å². The largest absolute Gasteiger partial charge is 0.573 e. The number of thiazole rings is 1. The summed E-state index contributed by atoms with van der Waals surface area (Å²) in [5.74, 6) is 0.175. The third-order valence-corrected chi connectivity index (χ3v) is 7.59. The van der Waals surface area contributed by atoms with E-state index >= 15 is 0 Å². The van der Waals surface area contributed by atoms with Gasteiger partial charge in [0.2, 0.25) is 5.95 Å². The van der Waals surface area contributed by atoms with Crippen LogP contribution in [0.25, 0.3) is 21.3 Å². The monoisotopic (exact) mass is 589 g/mol. The molecule has 1 saturated heterocycles. The molecule has 0 saturated carbocycles. The minimum atomic E-state index is -4.77. The van der Waals surface area contributed by atoms with E-state index < -0.39 is 12.0 Å². The number of nitrogens with zero attached hydrogens (tertiary/aromatic N) is 4. The van der Waals surface area contributed by atoms with Crippen LogP contribution in [0.2, 0.25) is 0 Å². The molecule has 2 aromatic carbocycles. The zero-order valence-corrected chi connectivity index (χ0v) is 23.9. The Morgan fingerprint density at radius 3 is 2.61 bits per heavy atom. The van der Waals surface area contributed by atoms with E-state index in [-0.39, 0.29) is 23.5 Å². The number of fused-ring (bicyclic) bond motifs is 2. The van der Waals surface area contributed by atoms with Crippen LogP contribution in [0.1, 0.15) is 50.4 Å². The first-order chi connectivity index (χ1) is 19.2. The molecule has 41 heavy (non-hydrogen) atoms. The van der Waals surface area contributed by atoms with E-state index in [9.17, 15) is 22.8 Å². The molecule has 0 radical (unpaired) electrons. The molecule has 5 rings (SSSR count). The fourth-order valence-corrected chi connectivity index (χ4v) is 5.73. The fourth-order valence-electron chi connectivity index (χ4n) is 4.84. The first-order valence-corrected chi connectivity index (χ1v) is 14.0. The number of carbonyl (C=O) groups excluding carboxylic acids is 2. The zero-order chi connectivity index (χ0) is 29.5. The highest BCUT2D eigenvalue weighted by molar-refractivity contribution is 7.22. The van der Waals surface area contributed by atoms with Gasteiger partial charge in [0, 0.05) is 38.2 Å². The van der Waals surface area contributed by atoms with E-state index in [1.54, 1.807) is 17.0 Å². The number of ketones is 1. The summed E-state index contributed by atoms with van der Waals surface area (Å²) in [6, 6.07) is 9.31. The lowest BCUT2D eigenvalue weighted by molar-refractivity contribution is -0.274. The van der Waals surface area contributed by atoms with Crippen molar-refractivity contribution in [2.75, 3.05) is 18.4 Å². The van der Waals surface area contributed by atoms with Crippen LogP contribution in [0.15, 0.2) is 36.4 Å². The second-order valence-electron chi connectivity index (χ2n) is 11.1. The van der Waals surface area contributed by atoms with Gasteiger partial charge in [0.05, 0.1) is 21.3 Å². The van der Waals surface area contributed by atoms with Crippen molar-refractivity contribution in [3.8, 4) is 5.75 Å². The molecule has 1 fully saturated rings. The van der Waals surface area contributed by atoms with Crippen molar-refractivity contribution in [3.05, 3.63) is 42.0 Å². The fraction of sp³-hybridized carbons (Fsp3) is 0.429. The van der Waals surface area contributed by atoms with Crippen molar-refractivity contribution < 1.29 is 32.2 Å². The van der Waals surface area contributed by atoms with Crippen molar-refractivity contribution in [1.82, 2.24) is 19.4 Å². The number of piperidine rings is 1. The van der Waals surface area contributed by atoms with Gasteiger partial charge in [0.25, 0.3) is 0 Å². The van der Waals surface area contributed by atoms with Gasteiger partial charge in [0.15, 0.2) is 10.9 Å². The number of ether oxygens (including phenoxy) is 2. The third kappa shape index (κ3) is 6.89. The van der Waals surface area contributed by atoms with Gasteiger partial charge in [-0.1, -0.05) is 11.3 Å². The Kier molecular flexibility index (Phi) is 7.58. The Morgan fingerprint density at radius 1 is 1.10 bits per heavy atom. The van der Waals surface area contributed by atoms with Crippen LogP contribution in [0.4, 0.5) is 29.0 Å². The molecule has 1 atom stereocenters. The summed E-state index contributed by atoms with van der Waals surface area (Å²) < 4.78 is 49.5. The molecule has 1 aliphatic rings. The molecule has 0 bridgehead atoms. The first-order valence-electron chi connectivity index (χ1n) is 13.1. The number of hydrogen-bond acceptors (Lipinski definition) is 8. The maximum atomic E-state index is 13.2. The number of benzene rings is 2. The number of anilines is 2. The van der Waals surface area contributed by atoms with Gasteiger partial charge >= 0.3 is 12.5 Å². The van der Waals surface area contributed by atoms with Gasteiger partial charge in [-0.25, -0.2) is 14.8 Å².